The molecule has 0 amide bonds. The number of aliphatic hydroxyl groups is 1. The van der Waals surface area contributed by atoms with Crippen LogP contribution in [-0.2, 0) is 0 Å². The smallest absolute Gasteiger partial charge is 0.0564 e. The molecule has 0 aromatic rings. The molecule has 2 heterocycles. The van der Waals surface area contributed by atoms with E-state index in [1.165, 1.54) is 25.8 Å². The molecular formula is C19H38N2O. The van der Waals surface area contributed by atoms with Gasteiger partial charge in [0.1, 0.15) is 0 Å². The zero-order valence-electron chi connectivity index (χ0n) is 15.7. The van der Waals surface area contributed by atoms with Gasteiger partial charge in [0.05, 0.1) is 6.10 Å². The molecule has 0 saturated carbocycles. The van der Waals surface area contributed by atoms with Crippen molar-refractivity contribution in [2.24, 2.45) is 5.92 Å². The summed E-state index contributed by atoms with van der Waals surface area (Å²) in [6, 6.07) is 0.692. The zero-order chi connectivity index (χ0) is 16.5. The summed E-state index contributed by atoms with van der Waals surface area (Å²) < 4.78 is 0. The van der Waals surface area contributed by atoms with Crippen molar-refractivity contribution in [2.45, 2.75) is 96.9 Å². The van der Waals surface area contributed by atoms with E-state index in [1.807, 2.05) is 0 Å². The zero-order valence-corrected chi connectivity index (χ0v) is 15.7. The second-order valence-corrected chi connectivity index (χ2v) is 9.34. The first-order valence-electron chi connectivity index (χ1n) is 9.29. The molecule has 0 bridgehead atoms. The molecule has 0 aliphatic carbocycles. The Morgan fingerprint density at radius 2 is 1.55 bits per heavy atom. The highest BCUT2D eigenvalue weighted by molar-refractivity contribution is 4.92. The van der Waals surface area contributed by atoms with Crippen molar-refractivity contribution in [3.63, 3.8) is 0 Å². The highest BCUT2D eigenvalue weighted by atomic mass is 16.3. The van der Waals surface area contributed by atoms with Crippen molar-refractivity contribution in [2.75, 3.05) is 19.6 Å². The fourth-order valence-corrected chi connectivity index (χ4v) is 4.76. The van der Waals surface area contributed by atoms with E-state index >= 15 is 0 Å². The van der Waals surface area contributed by atoms with Crippen LogP contribution in [0.3, 0.4) is 0 Å². The SMILES string of the molecule is CC1CC(CC(C)(C)N2CCC(O)CC2)CCN1C(C)(C)C. The van der Waals surface area contributed by atoms with Crippen molar-refractivity contribution in [1.82, 2.24) is 9.80 Å². The fraction of sp³-hybridized carbons (Fsp3) is 1.00. The molecule has 2 unspecified atom stereocenters. The van der Waals surface area contributed by atoms with Gasteiger partial charge in [-0.3, -0.25) is 9.80 Å². The minimum Gasteiger partial charge on any atom is -0.393 e. The van der Waals surface area contributed by atoms with Crippen molar-refractivity contribution in [1.29, 1.82) is 0 Å². The van der Waals surface area contributed by atoms with E-state index in [4.69, 9.17) is 0 Å². The van der Waals surface area contributed by atoms with Crippen molar-refractivity contribution < 1.29 is 5.11 Å². The minimum atomic E-state index is -0.0675. The molecule has 0 aromatic carbocycles. The summed E-state index contributed by atoms with van der Waals surface area (Å²) in [5.41, 5.74) is 0.567. The number of nitrogens with zero attached hydrogens (tertiary/aromatic N) is 2. The number of aliphatic hydroxyl groups excluding tert-OH is 1. The van der Waals surface area contributed by atoms with Gasteiger partial charge in [0, 0.05) is 30.2 Å². The van der Waals surface area contributed by atoms with Crippen LogP contribution in [0.1, 0.15) is 73.6 Å². The summed E-state index contributed by atoms with van der Waals surface area (Å²) >= 11 is 0. The Bertz CT molecular complexity index is 353. The summed E-state index contributed by atoms with van der Waals surface area (Å²) in [5, 5.41) is 9.72. The molecule has 2 rings (SSSR count). The van der Waals surface area contributed by atoms with Gasteiger partial charge in [-0.2, -0.15) is 0 Å². The maximum atomic E-state index is 9.72. The van der Waals surface area contributed by atoms with E-state index < -0.39 is 0 Å². The Hall–Kier alpha value is -0.120. The molecule has 0 radical (unpaired) electrons. The molecule has 2 aliphatic heterocycles. The van der Waals surface area contributed by atoms with Gasteiger partial charge in [0.25, 0.3) is 0 Å². The molecule has 0 aromatic heterocycles. The van der Waals surface area contributed by atoms with Crippen LogP contribution in [0, 0.1) is 5.92 Å². The van der Waals surface area contributed by atoms with E-state index in [0.717, 1.165) is 31.8 Å². The van der Waals surface area contributed by atoms with E-state index in [9.17, 15) is 5.11 Å². The average Bonchev–Trinajstić information content (AvgIpc) is 2.37. The Morgan fingerprint density at radius 3 is 2.05 bits per heavy atom. The summed E-state index contributed by atoms with van der Waals surface area (Å²) in [6.07, 6.45) is 5.79. The molecule has 22 heavy (non-hydrogen) atoms. The Labute approximate surface area is 138 Å². The lowest BCUT2D eigenvalue weighted by atomic mass is 9.79. The molecule has 2 atom stereocenters. The molecule has 130 valence electrons. The van der Waals surface area contributed by atoms with Gasteiger partial charge in [-0.15, -0.1) is 0 Å². The number of piperidine rings is 2. The van der Waals surface area contributed by atoms with Crippen LogP contribution in [-0.4, -0.2) is 57.8 Å². The average molecular weight is 311 g/mol. The predicted molar refractivity (Wildman–Crippen MR) is 94.2 cm³/mol. The third-order valence-corrected chi connectivity index (χ3v) is 5.96. The fourth-order valence-electron chi connectivity index (χ4n) is 4.76. The highest BCUT2D eigenvalue weighted by Crippen LogP contribution is 2.35. The van der Waals surface area contributed by atoms with Gasteiger partial charge < -0.3 is 5.11 Å². The molecule has 2 saturated heterocycles. The van der Waals surface area contributed by atoms with Gasteiger partial charge in [-0.05, 0) is 86.1 Å². The third kappa shape index (κ3) is 4.46. The summed E-state index contributed by atoms with van der Waals surface area (Å²) in [7, 11) is 0. The molecule has 3 heteroatoms. The molecule has 1 N–H and O–H groups in total. The number of rotatable bonds is 3. The largest absolute Gasteiger partial charge is 0.393 e. The first-order valence-corrected chi connectivity index (χ1v) is 9.29. The minimum absolute atomic E-state index is 0.0675. The number of hydrogen-bond donors (Lipinski definition) is 1. The van der Waals surface area contributed by atoms with Crippen LogP contribution in [0.5, 0.6) is 0 Å². The molecule has 3 nitrogen and oxygen atoms in total. The lowest BCUT2D eigenvalue weighted by molar-refractivity contribution is -0.00281. The maximum Gasteiger partial charge on any atom is 0.0564 e. The number of likely N-dealkylation sites (tertiary alicyclic amines) is 2. The second-order valence-electron chi connectivity index (χ2n) is 9.34. The normalized spacial score (nSPS) is 30.7. The number of hydrogen-bond acceptors (Lipinski definition) is 3. The lowest BCUT2D eigenvalue weighted by Crippen LogP contribution is -2.53. The first-order chi connectivity index (χ1) is 10.1. The highest BCUT2D eigenvalue weighted by Gasteiger charge is 2.37. The van der Waals surface area contributed by atoms with Crippen LogP contribution in [0.4, 0.5) is 0 Å². The second kappa shape index (κ2) is 6.78. The van der Waals surface area contributed by atoms with Gasteiger partial charge in [-0.1, -0.05) is 0 Å². The van der Waals surface area contributed by atoms with Crippen molar-refractivity contribution in [3.8, 4) is 0 Å². The van der Waals surface area contributed by atoms with Crippen LogP contribution in [0.25, 0.3) is 0 Å². The molecule has 0 spiro atoms. The Balaban J connectivity index is 1.88. The molecule has 2 fully saturated rings. The van der Waals surface area contributed by atoms with Crippen LogP contribution in [0.2, 0.25) is 0 Å². The standard InChI is InChI=1S/C19H38N2O/c1-15-13-16(7-12-21(15)18(2,3)4)14-19(5,6)20-10-8-17(22)9-11-20/h15-17,22H,7-14H2,1-6H3. The topological polar surface area (TPSA) is 26.7 Å². The summed E-state index contributed by atoms with van der Waals surface area (Å²) in [5.74, 6) is 0.843. The first kappa shape index (κ1) is 18.2. The van der Waals surface area contributed by atoms with Gasteiger partial charge in [-0.25, -0.2) is 0 Å². The van der Waals surface area contributed by atoms with Crippen molar-refractivity contribution >= 4 is 0 Å². The Morgan fingerprint density at radius 1 is 0.955 bits per heavy atom. The summed E-state index contributed by atoms with van der Waals surface area (Å²) in [6.45, 7) is 17.6. The van der Waals surface area contributed by atoms with E-state index in [0.29, 0.717) is 11.6 Å². The van der Waals surface area contributed by atoms with Crippen LogP contribution in [0.15, 0.2) is 0 Å². The van der Waals surface area contributed by atoms with E-state index in [2.05, 4.69) is 51.3 Å². The van der Waals surface area contributed by atoms with Crippen LogP contribution >= 0.6 is 0 Å². The van der Waals surface area contributed by atoms with Gasteiger partial charge in [0.15, 0.2) is 0 Å². The van der Waals surface area contributed by atoms with E-state index in [-0.39, 0.29) is 11.6 Å². The van der Waals surface area contributed by atoms with E-state index in [1.54, 1.807) is 0 Å². The molecular weight excluding hydrogens is 272 g/mol. The predicted octanol–water partition coefficient (Wildman–Crippen LogP) is 3.51. The Kier molecular flexibility index (Phi) is 5.62. The van der Waals surface area contributed by atoms with Crippen LogP contribution < -0.4 is 0 Å². The lowest BCUT2D eigenvalue weighted by Gasteiger charge is -2.49. The monoisotopic (exact) mass is 310 g/mol. The van der Waals surface area contributed by atoms with Gasteiger partial charge in [0.2, 0.25) is 0 Å². The third-order valence-electron chi connectivity index (χ3n) is 5.96. The maximum absolute atomic E-state index is 9.72. The quantitative estimate of drug-likeness (QED) is 0.864. The molecule has 2 aliphatic rings. The van der Waals surface area contributed by atoms with Crippen molar-refractivity contribution in [3.05, 3.63) is 0 Å². The van der Waals surface area contributed by atoms with Gasteiger partial charge >= 0.3 is 0 Å². The summed E-state index contributed by atoms with van der Waals surface area (Å²) in [4.78, 5) is 5.29.